The monoisotopic (exact) mass is 439 g/mol. The number of hydrogen-bond donors (Lipinski definition) is 1. The SMILES string of the molecule is COc1ccc(-c2nn[nH]n2)cc1OCc1cccc(OCc2ccc3ccccc3n2)c1. The minimum absolute atomic E-state index is 0.345. The highest BCUT2D eigenvalue weighted by Gasteiger charge is 2.11. The number of para-hydroxylation sites is 1. The molecule has 0 aliphatic rings. The standard InChI is InChI=1S/C25H21N5O3/c1-31-23-12-10-19(25-27-29-30-28-25)14-24(23)33-15-17-5-4-7-21(13-17)32-16-20-11-9-18-6-2-3-8-22(18)26-20/h2-14H,15-16H2,1H3,(H,27,28,29,30). The fraction of sp³-hybridized carbons (Fsp3) is 0.120. The number of H-pyrrole nitrogens is 1. The van der Waals surface area contributed by atoms with Gasteiger partial charge in [0.1, 0.15) is 19.0 Å². The normalized spacial score (nSPS) is 10.8. The van der Waals surface area contributed by atoms with Gasteiger partial charge in [-0.3, -0.25) is 0 Å². The van der Waals surface area contributed by atoms with Gasteiger partial charge in [0.25, 0.3) is 0 Å². The molecule has 5 aromatic rings. The molecule has 0 aliphatic heterocycles. The average Bonchev–Trinajstić information content (AvgIpc) is 3.41. The zero-order valence-electron chi connectivity index (χ0n) is 17.9. The number of tetrazole rings is 1. The highest BCUT2D eigenvalue weighted by molar-refractivity contribution is 5.78. The number of aromatic nitrogens is 5. The highest BCUT2D eigenvalue weighted by atomic mass is 16.5. The Morgan fingerprint density at radius 3 is 2.64 bits per heavy atom. The van der Waals surface area contributed by atoms with Crippen LogP contribution in [0.15, 0.2) is 78.9 Å². The summed E-state index contributed by atoms with van der Waals surface area (Å²) in [6, 6.07) is 25.4. The summed E-state index contributed by atoms with van der Waals surface area (Å²) in [6.45, 7) is 0.729. The Kier molecular flexibility index (Phi) is 5.79. The summed E-state index contributed by atoms with van der Waals surface area (Å²) in [4.78, 5) is 4.66. The van der Waals surface area contributed by atoms with Gasteiger partial charge >= 0.3 is 0 Å². The molecule has 0 fully saturated rings. The maximum Gasteiger partial charge on any atom is 0.204 e. The third kappa shape index (κ3) is 4.74. The Morgan fingerprint density at radius 1 is 0.818 bits per heavy atom. The Morgan fingerprint density at radius 2 is 1.76 bits per heavy atom. The molecule has 8 nitrogen and oxygen atoms in total. The lowest BCUT2D eigenvalue weighted by molar-refractivity contribution is 0.281. The topological polar surface area (TPSA) is 95.0 Å². The zero-order chi connectivity index (χ0) is 22.5. The maximum atomic E-state index is 6.04. The van der Waals surface area contributed by atoms with Crippen molar-refractivity contribution < 1.29 is 14.2 Å². The summed E-state index contributed by atoms with van der Waals surface area (Å²) < 4.78 is 17.4. The molecule has 8 heteroatoms. The molecular weight excluding hydrogens is 418 g/mol. The Hall–Kier alpha value is -4.46. The van der Waals surface area contributed by atoms with Gasteiger partial charge < -0.3 is 14.2 Å². The van der Waals surface area contributed by atoms with Crippen molar-refractivity contribution >= 4 is 10.9 Å². The summed E-state index contributed by atoms with van der Waals surface area (Å²) in [5, 5.41) is 15.2. The van der Waals surface area contributed by atoms with E-state index >= 15 is 0 Å². The lowest BCUT2D eigenvalue weighted by atomic mass is 10.2. The average molecular weight is 439 g/mol. The van der Waals surface area contributed by atoms with Crippen LogP contribution in [0.2, 0.25) is 0 Å². The molecule has 2 heterocycles. The van der Waals surface area contributed by atoms with Gasteiger partial charge in [-0.25, -0.2) is 4.98 Å². The van der Waals surface area contributed by atoms with Crippen LogP contribution in [-0.4, -0.2) is 32.7 Å². The summed E-state index contributed by atoms with van der Waals surface area (Å²) >= 11 is 0. The number of hydrogen-bond acceptors (Lipinski definition) is 7. The third-order valence-electron chi connectivity index (χ3n) is 5.10. The molecule has 2 aromatic heterocycles. The van der Waals surface area contributed by atoms with E-state index in [1.54, 1.807) is 7.11 Å². The predicted molar refractivity (Wildman–Crippen MR) is 123 cm³/mol. The fourth-order valence-corrected chi connectivity index (χ4v) is 3.44. The zero-order valence-corrected chi connectivity index (χ0v) is 17.9. The van der Waals surface area contributed by atoms with Crippen LogP contribution < -0.4 is 14.2 Å². The summed E-state index contributed by atoms with van der Waals surface area (Å²) in [5.74, 6) is 2.45. The van der Waals surface area contributed by atoms with Crippen molar-refractivity contribution in [3.05, 3.63) is 90.1 Å². The number of methoxy groups -OCH3 is 1. The molecule has 0 radical (unpaired) electrons. The third-order valence-corrected chi connectivity index (χ3v) is 5.10. The fourth-order valence-electron chi connectivity index (χ4n) is 3.44. The Balaban J connectivity index is 1.26. The molecule has 0 spiro atoms. The number of rotatable bonds is 8. The Bertz CT molecular complexity index is 1370. The molecule has 0 saturated carbocycles. The molecule has 0 aliphatic carbocycles. The minimum Gasteiger partial charge on any atom is -0.493 e. The van der Waals surface area contributed by atoms with Crippen LogP contribution >= 0.6 is 0 Å². The second-order valence-electron chi connectivity index (χ2n) is 7.32. The van der Waals surface area contributed by atoms with E-state index < -0.39 is 0 Å². The van der Waals surface area contributed by atoms with Crippen molar-refractivity contribution in [2.45, 2.75) is 13.2 Å². The van der Waals surface area contributed by atoms with Gasteiger partial charge in [0, 0.05) is 10.9 Å². The van der Waals surface area contributed by atoms with Crippen LogP contribution in [0.25, 0.3) is 22.3 Å². The van der Waals surface area contributed by atoms with E-state index in [0.29, 0.717) is 30.5 Å². The van der Waals surface area contributed by atoms with E-state index in [-0.39, 0.29) is 0 Å². The quantitative estimate of drug-likeness (QED) is 0.378. The number of fused-ring (bicyclic) bond motifs is 1. The second kappa shape index (κ2) is 9.35. The smallest absolute Gasteiger partial charge is 0.204 e. The number of ether oxygens (including phenoxy) is 3. The van der Waals surface area contributed by atoms with Gasteiger partial charge in [0.05, 0.1) is 18.3 Å². The number of aromatic amines is 1. The van der Waals surface area contributed by atoms with Gasteiger partial charge in [-0.2, -0.15) is 5.21 Å². The lowest BCUT2D eigenvalue weighted by Gasteiger charge is -2.12. The number of benzene rings is 3. The first-order valence-electron chi connectivity index (χ1n) is 10.4. The van der Waals surface area contributed by atoms with Crippen molar-refractivity contribution in [2.24, 2.45) is 0 Å². The number of pyridine rings is 1. The van der Waals surface area contributed by atoms with Gasteiger partial charge in [0.15, 0.2) is 11.5 Å². The van der Waals surface area contributed by atoms with E-state index in [9.17, 15) is 0 Å². The molecule has 0 saturated heterocycles. The lowest BCUT2D eigenvalue weighted by Crippen LogP contribution is -2.01. The van der Waals surface area contributed by atoms with Crippen LogP contribution in [0.4, 0.5) is 0 Å². The first kappa shape index (κ1) is 20.4. The minimum atomic E-state index is 0.345. The molecular formula is C25H21N5O3. The summed E-state index contributed by atoms with van der Waals surface area (Å²) in [7, 11) is 1.60. The van der Waals surface area contributed by atoms with Crippen molar-refractivity contribution in [1.82, 2.24) is 25.6 Å². The molecule has 1 N–H and O–H groups in total. The number of nitrogens with zero attached hydrogens (tertiary/aromatic N) is 4. The number of nitrogens with one attached hydrogen (secondary N) is 1. The van der Waals surface area contributed by atoms with Crippen molar-refractivity contribution in [3.63, 3.8) is 0 Å². The van der Waals surface area contributed by atoms with Crippen molar-refractivity contribution in [3.8, 4) is 28.6 Å². The predicted octanol–water partition coefficient (Wildman–Crippen LogP) is 4.58. The van der Waals surface area contributed by atoms with E-state index in [1.165, 1.54) is 0 Å². The van der Waals surface area contributed by atoms with Crippen LogP contribution in [0.3, 0.4) is 0 Å². The van der Waals surface area contributed by atoms with E-state index in [4.69, 9.17) is 14.2 Å². The summed E-state index contributed by atoms with van der Waals surface area (Å²) in [5.41, 5.74) is 3.57. The van der Waals surface area contributed by atoms with Crippen LogP contribution in [-0.2, 0) is 13.2 Å². The maximum absolute atomic E-state index is 6.04. The molecule has 0 atom stereocenters. The molecule has 3 aromatic carbocycles. The van der Waals surface area contributed by atoms with E-state index in [2.05, 4.69) is 31.7 Å². The first-order chi connectivity index (χ1) is 16.3. The van der Waals surface area contributed by atoms with Gasteiger partial charge in [-0.1, -0.05) is 36.4 Å². The van der Waals surface area contributed by atoms with Gasteiger partial charge in [0.2, 0.25) is 5.82 Å². The van der Waals surface area contributed by atoms with Gasteiger partial charge in [-0.15, -0.1) is 10.2 Å². The van der Waals surface area contributed by atoms with Gasteiger partial charge in [-0.05, 0) is 53.2 Å². The molecule has 5 rings (SSSR count). The molecule has 33 heavy (non-hydrogen) atoms. The van der Waals surface area contributed by atoms with Crippen LogP contribution in [0.5, 0.6) is 17.2 Å². The van der Waals surface area contributed by atoms with Crippen LogP contribution in [0.1, 0.15) is 11.3 Å². The molecule has 0 unspecified atom stereocenters. The second-order valence-corrected chi connectivity index (χ2v) is 7.32. The van der Waals surface area contributed by atoms with Crippen LogP contribution in [0, 0.1) is 0 Å². The van der Waals surface area contributed by atoms with Crippen molar-refractivity contribution in [2.75, 3.05) is 7.11 Å². The first-order valence-corrected chi connectivity index (χ1v) is 10.4. The van der Waals surface area contributed by atoms with Crippen molar-refractivity contribution in [1.29, 1.82) is 0 Å². The molecule has 0 amide bonds. The largest absolute Gasteiger partial charge is 0.493 e. The van der Waals surface area contributed by atoms with E-state index in [1.807, 2.05) is 72.8 Å². The Labute approximate surface area is 190 Å². The molecule has 164 valence electrons. The molecule has 0 bridgehead atoms. The van der Waals surface area contributed by atoms with E-state index in [0.717, 1.165) is 33.5 Å². The highest BCUT2D eigenvalue weighted by Crippen LogP contribution is 2.32. The summed E-state index contributed by atoms with van der Waals surface area (Å²) in [6.07, 6.45) is 0.